The van der Waals surface area contributed by atoms with E-state index in [1.54, 1.807) is 32.9 Å². The predicted molar refractivity (Wildman–Crippen MR) is 87.3 cm³/mol. The van der Waals surface area contributed by atoms with E-state index in [1.807, 2.05) is 0 Å². The van der Waals surface area contributed by atoms with Gasteiger partial charge in [0.1, 0.15) is 5.60 Å². The van der Waals surface area contributed by atoms with Crippen molar-refractivity contribution in [2.75, 3.05) is 7.11 Å². The summed E-state index contributed by atoms with van der Waals surface area (Å²) in [7, 11) is 1.28. The van der Waals surface area contributed by atoms with Gasteiger partial charge in [-0.1, -0.05) is 18.7 Å². The van der Waals surface area contributed by atoms with E-state index in [-0.39, 0.29) is 5.57 Å². The molecule has 0 fully saturated rings. The van der Waals surface area contributed by atoms with Crippen LogP contribution in [0.3, 0.4) is 0 Å². The summed E-state index contributed by atoms with van der Waals surface area (Å²) in [5.74, 6) is -1.72. The van der Waals surface area contributed by atoms with Gasteiger partial charge in [0.15, 0.2) is 6.10 Å². The van der Waals surface area contributed by atoms with Crippen LogP contribution < -0.4 is 0 Å². The molecule has 0 amide bonds. The first-order valence-corrected chi connectivity index (χ1v) is 7.33. The van der Waals surface area contributed by atoms with E-state index < -0.39 is 29.6 Å². The van der Waals surface area contributed by atoms with Crippen molar-refractivity contribution >= 4 is 17.9 Å². The van der Waals surface area contributed by atoms with Crippen molar-refractivity contribution in [1.82, 2.24) is 0 Å². The topological polar surface area (TPSA) is 78.9 Å². The fourth-order valence-corrected chi connectivity index (χ4v) is 1.87. The molecular formula is C18H22O6. The molecule has 6 heteroatoms. The smallest absolute Gasteiger partial charge is 0.338 e. The average Bonchev–Trinajstić information content (AvgIpc) is 2.49. The predicted octanol–water partition coefficient (Wildman–Crippen LogP) is 2.98. The standard InChI is InChI=1S/C18H22O6/c1-11(16(20)24-18(3,4)5)15(23-12(2)19)13-7-9-14(10-8-13)17(21)22-6/h7-10,15H,1H2,2-6H3. The molecule has 0 aliphatic rings. The van der Waals surface area contributed by atoms with E-state index >= 15 is 0 Å². The Morgan fingerprint density at radius 2 is 1.62 bits per heavy atom. The van der Waals surface area contributed by atoms with Crippen LogP contribution >= 0.6 is 0 Å². The van der Waals surface area contributed by atoms with E-state index in [1.165, 1.54) is 26.2 Å². The largest absolute Gasteiger partial charge is 0.465 e. The molecule has 0 aliphatic carbocycles. The Hall–Kier alpha value is -2.63. The van der Waals surface area contributed by atoms with Crippen LogP contribution in [0.25, 0.3) is 0 Å². The van der Waals surface area contributed by atoms with Gasteiger partial charge in [0.05, 0.1) is 18.2 Å². The zero-order valence-electron chi connectivity index (χ0n) is 14.5. The molecule has 130 valence electrons. The third kappa shape index (κ3) is 5.53. The van der Waals surface area contributed by atoms with Crippen LogP contribution in [-0.4, -0.2) is 30.6 Å². The lowest BCUT2D eigenvalue weighted by Crippen LogP contribution is -2.27. The second-order valence-corrected chi connectivity index (χ2v) is 6.13. The highest BCUT2D eigenvalue weighted by molar-refractivity contribution is 5.91. The normalized spacial score (nSPS) is 12.0. The molecule has 0 heterocycles. The SMILES string of the molecule is C=C(C(=O)OC(C)(C)C)C(OC(C)=O)c1ccc(C(=O)OC)cc1. The Kier molecular flexibility index (Phi) is 6.28. The molecule has 1 rings (SSSR count). The van der Waals surface area contributed by atoms with E-state index in [0.717, 1.165) is 0 Å². The van der Waals surface area contributed by atoms with Crippen molar-refractivity contribution in [3.05, 3.63) is 47.5 Å². The number of rotatable bonds is 5. The first kappa shape index (κ1) is 19.4. The summed E-state index contributed by atoms with van der Waals surface area (Å²) in [4.78, 5) is 35.0. The molecule has 24 heavy (non-hydrogen) atoms. The second-order valence-electron chi connectivity index (χ2n) is 6.13. The minimum atomic E-state index is -0.996. The Labute approximate surface area is 141 Å². The van der Waals surface area contributed by atoms with Crippen LogP contribution in [0.1, 0.15) is 49.7 Å². The number of carbonyl (C=O) groups excluding carboxylic acids is 3. The Morgan fingerprint density at radius 1 is 1.08 bits per heavy atom. The van der Waals surface area contributed by atoms with E-state index in [9.17, 15) is 14.4 Å². The van der Waals surface area contributed by atoms with Crippen LogP contribution in [0.5, 0.6) is 0 Å². The molecule has 1 aromatic carbocycles. The van der Waals surface area contributed by atoms with Gasteiger partial charge in [-0.05, 0) is 38.5 Å². The number of hydrogen-bond acceptors (Lipinski definition) is 6. The van der Waals surface area contributed by atoms with E-state index in [0.29, 0.717) is 11.1 Å². The highest BCUT2D eigenvalue weighted by atomic mass is 16.6. The van der Waals surface area contributed by atoms with Gasteiger partial charge in [-0.2, -0.15) is 0 Å². The minimum absolute atomic E-state index is 0.00839. The summed E-state index contributed by atoms with van der Waals surface area (Å²) in [6, 6.07) is 6.16. The highest BCUT2D eigenvalue weighted by Crippen LogP contribution is 2.27. The highest BCUT2D eigenvalue weighted by Gasteiger charge is 2.28. The summed E-state index contributed by atoms with van der Waals surface area (Å²) >= 11 is 0. The molecule has 0 spiro atoms. The first-order valence-electron chi connectivity index (χ1n) is 7.33. The van der Waals surface area contributed by atoms with Crippen molar-refractivity contribution in [2.45, 2.75) is 39.4 Å². The summed E-state index contributed by atoms with van der Waals surface area (Å²) < 4.78 is 15.1. The van der Waals surface area contributed by atoms with Gasteiger partial charge in [0.25, 0.3) is 0 Å². The number of benzene rings is 1. The molecule has 0 N–H and O–H groups in total. The maximum atomic E-state index is 12.2. The van der Waals surface area contributed by atoms with Gasteiger partial charge in [-0.3, -0.25) is 4.79 Å². The fourth-order valence-electron chi connectivity index (χ4n) is 1.87. The number of methoxy groups -OCH3 is 1. The molecule has 0 saturated carbocycles. The van der Waals surface area contributed by atoms with Gasteiger partial charge < -0.3 is 14.2 Å². The second kappa shape index (κ2) is 7.77. The molecule has 0 aromatic heterocycles. The van der Waals surface area contributed by atoms with Crippen molar-refractivity contribution in [1.29, 1.82) is 0 Å². The number of ether oxygens (including phenoxy) is 3. The molecule has 1 atom stereocenters. The van der Waals surface area contributed by atoms with Gasteiger partial charge >= 0.3 is 17.9 Å². The summed E-state index contributed by atoms with van der Waals surface area (Å²) in [5, 5.41) is 0. The van der Waals surface area contributed by atoms with Crippen molar-refractivity contribution < 1.29 is 28.6 Å². The molecule has 0 radical (unpaired) electrons. The third-order valence-corrected chi connectivity index (χ3v) is 2.90. The monoisotopic (exact) mass is 334 g/mol. The van der Waals surface area contributed by atoms with Gasteiger partial charge in [0, 0.05) is 6.92 Å². The van der Waals surface area contributed by atoms with Crippen LogP contribution in [0, 0.1) is 0 Å². The van der Waals surface area contributed by atoms with E-state index in [2.05, 4.69) is 11.3 Å². The lowest BCUT2D eigenvalue weighted by Gasteiger charge is -2.24. The zero-order chi connectivity index (χ0) is 18.5. The van der Waals surface area contributed by atoms with Crippen molar-refractivity contribution in [3.63, 3.8) is 0 Å². The Morgan fingerprint density at radius 3 is 2.04 bits per heavy atom. The summed E-state index contributed by atoms with van der Waals surface area (Å²) in [5.41, 5.74) is 0.126. The molecule has 0 aliphatic heterocycles. The number of hydrogen-bond donors (Lipinski definition) is 0. The Balaban J connectivity index is 3.08. The summed E-state index contributed by atoms with van der Waals surface area (Å²) in [6.07, 6.45) is -0.996. The van der Waals surface area contributed by atoms with Crippen LogP contribution in [0.4, 0.5) is 0 Å². The van der Waals surface area contributed by atoms with Crippen LogP contribution in [0.15, 0.2) is 36.4 Å². The van der Waals surface area contributed by atoms with Gasteiger partial charge in [-0.15, -0.1) is 0 Å². The van der Waals surface area contributed by atoms with Crippen molar-refractivity contribution in [2.24, 2.45) is 0 Å². The average molecular weight is 334 g/mol. The van der Waals surface area contributed by atoms with Crippen LogP contribution in [-0.2, 0) is 23.8 Å². The summed E-state index contributed by atoms with van der Waals surface area (Å²) in [6.45, 7) is 10.1. The number of carbonyl (C=O) groups is 3. The molecule has 0 saturated heterocycles. The van der Waals surface area contributed by atoms with Gasteiger partial charge in [-0.25, -0.2) is 9.59 Å². The molecule has 0 bridgehead atoms. The minimum Gasteiger partial charge on any atom is -0.465 e. The quantitative estimate of drug-likeness (QED) is 0.468. The lowest BCUT2D eigenvalue weighted by atomic mass is 10.0. The maximum absolute atomic E-state index is 12.2. The molecule has 1 aromatic rings. The fraction of sp³-hybridized carbons (Fsp3) is 0.389. The maximum Gasteiger partial charge on any atom is 0.338 e. The van der Waals surface area contributed by atoms with E-state index in [4.69, 9.17) is 9.47 Å². The molecular weight excluding hydrogens is 312 g/mol. The van der Waals surface area contributed by atoms with Crippen molar-refractivity contribution in [3.8, 4) is 0 Å². The zero-order valence-corrected chi connectivity index (χ0v) is 14.5. The molecule has 1 unspecified atom stereocenters. The number of esters is 3. The lowest BCUT2D eigenvalue weighted by molar-refractivity contribution is -0.153. The Bertz CT molecular complexity index is 636. The first-order chi connectivity index (χ1) is 11.0. The molecule has 6 nitrogen and oxygen atoms in total. The van der Waals surface area contributed by atoms with Gasteiger partial charge in [0.2, 0.25) is 0 Å². The van der Waals surface area contributed by atoms with Crippen LogP contribution in [0.2, 0.25) is 0 Å². The third-order valence-electron chi connectivity index (χ3n) is 2.90.